The van der Waals surface area contributed by atoms with Crippen molar-refractivity contribution >= 4 is 17.7 Å². The van der Waals surface area contributed by atoms with E-state index in [2.05, 4.69) is 9.97 Å². The smallest absolute Gasteiger partial charge is 0.433 e. The Morgan fingerprint density at radius 2 is 1.92 bits per heavy atom. The second-order valence-electron chi connectivity index (χ2n) is 4.99. The predicted octanol–water partition coefficient (Wildman–Crippen LogP) is 4.13. The van der Waals surface area contributed by atoms with E-state index in [-0.39, 0.29) is 17.3 Å². The van der Waals surface area contributed by atoms with E-state index in [0.29, 0.717) is 23.5 Å². The Kier molecular flexibility index (Phi) is 6.24. The highest BCUT2D eigenvalue weighted by atomic mass is 32.2. The number of hydrogen-bond donors (Lipinski definition) is 1. The number of hydrogen-bond acceptors (Lipinski definition) is 5. The number of alkyl halides is 3. The minimum Gasteiger partial charge on any atom is -0.497 e. The number of methoxy groups -OCH3 is 1. The number of carboxylic acid groups (broad SMARTS) is 1. The maximum Gasteiger partial charge on any atom is 0.433 e. The van der Waals surface area contributed by atoms with Gasteiger partial charge in [-0.25, -0.2) is 9.97 Å². The minimum atomic E-state index is -4.60. The van der Waals surface area contributed by atoms with Crippen LogP contribution in [0.1, 0.15) is 18.5 Å². The zero-order valence-electron chi connectivity index (χ0n) is 13.2. The van der Waals surface area contributed by atoms with Crippen LogP contribution in [0.5, 0.6) is 5.75 Å². The molecule has 25 heavy (non-hydrogen) atoms. The van der Waals surface area contributed by atoms with Crippen LogP contribution < -0.4 is 4.74 Å². The number of carbonyl (C=O) groups is 1. The molecule has 134 valence electrons. The van der Waals surface area contributed by atoms with E-state index < -0.39 is 17.8 Å². The molecule has 0 amide bonds. The highest BCUT2D eigenvalue weighted by Gasteiger charge is 2.33. The molecule has 9 heteroatoms. The molecule has 0 aliphatic carbocycles. The molecule has 1 aromatic heterocycles. The van der Waals surface area contributed by atoms with Crippen LogP contribution in [0.3, 0.4) is 0 Å². The fourth-order valence-corrected chi connectivity index (χ4v) is 2.73. The topological polar surface area (TPSA) is 72.3 Å². The minimum absolute atomic E-state index is 0.0361. The lowest BCUT2D eigenvalue weighted by atomic mass is 10.1. The number of carboxylic acids is 1. The summed E-state index contributed by atoms with van der Waals surface area (Å²) in [5.41, 5.74) is -0.388. The van der Waals surface area contributed by atoms with Gasteiger partial charge in [-0.05, 0) is 36.8 Å². The summed E-state index contributed by atoms with van der Waals surface area (Å²) in [6.07, 6.45) is -4.34. The molecule has 1 aromatic carbocycles. The molecule has 0 aliphatic heterocycles. The maximum atomic E-state index is 13.1. The first-order valence-electron chi connectivity index (χ1n) is 7.25. The van der Waals surface area contributed by atoms with Gasteiger partial charge in [-0.15, -0.1) is 0 Å². The number of aliphatic carboxylic acids is 1. The molecule has 0 saturated heterocycles. The molecule has 1 heterocycles. The van der Waals surface area contributed by atoms with Crippen molar-refractivity contribution in [1.29, 1.82) is 0 Å². The van der Waals surface area contributed by atoms with Gasteiger partial charge in [-0.3, -0.25) is 4.79 Å². The summed E-state index contributed by atoms with van der Waals surface area (Å²) in [6, 6.07) is 7.37. The fourth-order valence-electron chi connectivity index (χ4n) is 1.93. The molecule has 5 nitrogen and oxygen atoms in total. The zero-order valence-corrected chi connectivity index (χ0v) is 14.0. The summed E-state index contributed by atoms with van der Waals surface area (Å²) in [7, 11) is 1.49. The van der Waals surface area contributed by atoms with Crippen LogP contribution in [0.15, 0.2) is 35.5 Å². The lowest BCUT2D eigenvalue weighted by molar-refractivity contribution is -0.141. The van der Waals surface area contributed by atoms with Gasteiger partial charge in [0.1, 0.15) is 11.4 Å². The van der Waals surface area contributed by atoms with Crippen LogP contribution in [0.25, 0.3) is 11.3 Å². The molecule has 0 radical (unpaired) electrons. The Labute approximate surface area is 146 Å². The van der Waals surface area contributed by atoms with E-state index >= 15 is 0 Å². The first-order chi connectivity index (χ1) is 11.8. The third-order valence-electron chi connectivity index (χ3n) is 3.15. The molecule has 0 aliphatic rings. The average Bonchev–Trinajstić information content (AvgIpc) is 2.57. The van der Waals surface area contributed by atoms with Gasteiger partial charge in [-0.2, -0.15) is 13.2 Å². The number of thioether (sulfide) groups is 1. The number of nitrogens with zero attached hydrogens (tertiary/aromatic N) is 2. The second-order valence-corrected chi connectivity index (χ2v) is 6.06. The molecule has 2 rings (SSSR count). The van der Waals surface area contributed by atoms with Crippen molar-refractivity contribution in [1.82, 2.24) is 9.97 Å². The third-order valence-corrected chi connectivity index (χ3v) is 4.08. The Balaban J connectivity index is 2.28. The molecule has 0 spiro atoms. The summed E-state index contributed by atoms with van der Waals surface area (Å²) >= 11 is 0.999. The van der Waals surface area contributed by atoms with E-state index in [1.807, 2.05) is 0 Å². The first kappa shape index (κ1) is 19.0. The third kappa shape index (κ3) is 5.63. The van der Waals surface area contributed by atoms with Gasteiger partial charge >= 0.3 is 12.1 Å². The van der Waals surface area contributed by atoms with Crippen molar-refractivity contribution in [2.45, 2.75) is 24.2 Å². The highest BCUT2D eigenvalue weighted by Crippen LogP contribution is 2.32. The van der Waals surface area contributed by atoms with E-state index in [1.54, 1.807) is 24.3 Å². The van der Waals surface area contributed by atoms with Gasteiger partial charge in [0.05, 0.1) is 12.8 Å². The fraction of sp³-hybridized carbons (Fsp3) is 0.312. The van der Waals surface area contributed by atoms with Gasteiger partial charge in [0.15, 0.2) is 5.16 Å². The largest absolute Gasteiger partial charge is 0.497 e. The molecule has 0 bridgehead atoms. The normalized spacial score (nSPS) is 11.4. The molecule has 2 aromatic rings. The van der Waals surface area contributed by atoms with Crippen molar-refractivity contribution in [3.8, 4) is 17.0 Å². The Morgan fingerprint density at radius 3 is 2.48 bits per heavy atom. The number of halogens is 3. The Hall–Kier alpha value is -2.29. The van der Waals surface area contributed by atoms with E-state index in [4.69, 9.17) is 9.84 Å². The number of rotatable bonds is 7. The SMILES string of the molecule is COc1ccc(-c2cc(C(F)(F)F)nc(SCCCC(=O)O)n2)cc1. The number of benzene rings is 1. The Morgan fingerprint density at radius 1 is 1.24 bits per heavy atom. The predicted molar refractivity (Wildman–Crippen MR) is 86.6 cm³/mol. The van der Waals surface area contributed by atoms with Crippen molar-refractivity contribution in [2.24, 2.45) is 0 Å². The maximum absolute atomic E-state index is 13.1. The number of ether oxygens (including phenoxy) is 1. The summed E-state index contributed by atoms with van der Waals surface area (Å²) in [4.78, 5) is 18.2. The van der Waals surface area contributed by atoms with Gasteiger partial charge in [0.2, 0.25) is 0 Å². The highest BCUT2D eigenvalue weighted by molar-refractivity contribution is 7.99. The average molecular weight is 372 g/mol. The summed E-state index contributed by atoms with van der Waals surface area (Å²) < 4.78 is 44.3. The van der Waals surface area contributed by atoms with E-state index in [9.17, 15) is 18.0 Å². The Bertz CT molecular complexity index is 736. The van der Waals surface area contributed by atoms with Gasteiger partial charge < -0.3 is 9.84 Å². The zero-order chi connectivity index (χ0) is 18.4. The second kappa shape index (κ2) is 8.19. The molecule has 0 unspecified atom stereocenters. The van der Waals surface area contributed by atoms with Crippen LogP contribution in [-0.2, 0) is 11.0 Å². The lowest BCUT2D eigenvalue weighted by Gasteiger charge is -2.10. The van der Waals surface area contributed by atoms with Crippen LogP contribution in [0.4, 0.5) is 13.2 Å². The molecule has 0 saturated carbocycles. The van der Waals surface area contributed by atoms with E-state index in [0.717, 1.165) is 17.8 Å². The van der Waals surface area contributed by atoms with Crippen molar-refractivity contribution in [3.63, 3.8) is 0 Å². The molecular weight excluding hydrogens is 357 g/mol. The monoisotopic (exact) mass is 372 g/mol. The molecule has 0 atom stereocenters. The molecule has 0 fully saturated rings. The van der Waals surface area contributed by atoms with Crippen LogP contribution in [-0.4, -0.2) is 33.9 Å². The van der Waals surface area contributed by atoms with Crippen molar-refractivity contribution < 1.29 is 27.8 Å². The molecule has 1 N–H and O–H groups in total. The van der Waals surface area contributed by atoms with Crippen LogP contribution in [0, 0.1) is 0 Å². The lowest BCUT2D eigenvalue weighted by Crippen LogP contribution is -2.10. The van der Waals surface area contributed by atoms with E-state index in [1.165, 1.54) is 7.11 Å². The molecular formula is C16H15F3N2O3S. The summed E-state index contributed by atoms with van der Waals surface area (Å²) in [6.45, 7) is 0. The standard InChI is InChI=1S/C16H15F3N2O3S/c1-24-11-6-4-10(5-7-11)12-9-13(16(17,18)19)21-15(20-12)25-8-2-3-14(22)23/h4-7,9H,2-3,8H2,1H3,(H,22,23). The van der Waals surface area contributed by atoms with Gasteiger partial charge in [0, 0.05) is 17.7 Å². The quantitative estimate of drug-likeness (QED) is 0.448. The van der Waals surface area contributed by atoms with Gasteiger partial charge in [-0.1, -0.05) is 11.8 Å². The first-order valence-corrected chi connectivity index (χ1v) is 8.23. The summed E-state index contributed by atoms with van der Waals surface area (Å²) in [5.74, 6) is -0.0584. The van der Waals surface area contributed by atoms with Crippen molar-refractivity contribution in [2.75, 3.05) is 12.9 Å². The van der Waals surface area contributed by atoms with Crippen LogP contribution in [0.2, 0.25) is 0 Å². The number of aromatic nitrogens is 2. The van der Waals surface area contributed by atoms with Crippen LogP contribution >= 0.6 is 11.8 Å². The van der Waals surface area contributed by atoms with Gasteiger partial charge in [0.25, 0.3) is 0 Å². The van der Waals surface area contributed by atoms with Crippen molar-refractivity contribution in [3.05, 3.63) is 36.0 Å². The summed E-state index contributed by atoms with van der Waals surface area (Å²) in [5, 5.41) is 8.56.